The van der Waals surface area contributed by atoms with E-state index in [1.165, 1.54) is 19.5 Å². The van der Waals surface area contributed by atoms with Gasteiger partial charge >= 0.3 is 0 Å². The minimum atomic E-state index is 0.671. The van der Waals surface area contributed by atoms with Gasteiger partial charge in [-0.25, -0.2) is 0 Å². The van der Waals surface area contributed by atoms with Gasteiger partial charge in [0.2, 0.25) is 0 Å². The lowest BCUT2D eigenvalue weighted by Crippen LogP contribution is -2.44. The van der Waals surface area contributed by atoms with Gasteiger partial charge in [-0.05, 0) is 47.1 Å². The van der Waals surface area contributed by atoms with Gasteiger partial charge in [-0.2, -0.15) is 0 Å². The summed E-state index contributed by atoms with van der Waals surface area (Å²) in [5, 5.41) is 34.1. The van der Waals surface area contributed by atoms with Gasteiger partial charge in [-0.1, -0.05) is 13.8 Å². The summed E-state index contributed by atoms with van der Waals surface area (Å²) in [6.45, 7) is 41.1. The van der Waals surface area contributed by atoms with Gasteiger partial charge in [0.05, 0.1) is 0 Å². The van der Waals surface area contributed by atoms with Gasteiger partial charge in [0, 0.05) is 236 Å². The van der Waals surface area contributed by atoms with Crippen molar-refractivity contribution < 1.29 is 0 Å². The summed E-state index contributed by atoms with van der Waals surface area (Å²) in [6, 6.07) is 0. The van der Waals surface area contributed by atoms with Crippen LogP contribution in [0.5, 0.6) is 0 Å². The Kier molecular flexibility index (Phi) is 65.4. The monoisotopic (exact) mass is 952 g/mol. The lowest BCUT2D eigenvalue weighted by Gasteiger charge is -2.26. The molecule has 0 atom stereocenters. The quantitative estimate of drug-likeness (QED) is 0.0199. The Morgan fingerprint density at radius 2 is 0.545 bits per heavy atom. The van der Waals surface area contributed by atoms with Crippen molar-refractivity contribution in [2.75, 3.05) is 270 Å². The largest absolute Gasteiger partial charge is 0.330 e. The Balaban J connectivity index is -0.00000288. The fourth-order valence-corrected chi connectivity index (χ4v) is 6.39. The van der Waals surface area contributed by atoms with Gasteiger partial charge < -0.3 is 92.5 Å². The Morgan fingerprint density at radius 3 is 0.788 bits per heavy atom. The molecule has 0 bridgehead atoms. The molecule has 0 radical (unpaired) electrons. The standard InChI is InChI=1S/C37H93N17.C3H10N2.C3H9N.C2H5N/c1-4-23-50(28-15-46-18-32-52(26-8-41)31-14-45-11-10-42-2)29-16-47-20-35-54(36-21-48-17-30-51(24-6-39)25-7-40)37-22-49-19-34-53(27-12-43-3)33-13-44-9-5-38;1-5-3-2-4;1-2-3-4;1-2-3-1/h42-49H,4-41H2,1-3H3;5H,2-4H2,1H3;2-4H2,1H3;3H,1-2H2. The van der Waals surface area contributed by atoms with Crippen molar-refractivity contribution in [3.63, 3.8) is 0 Å². The molecule has 0 aromatic carbocycles. The third-order valence-electron chi connectivity index (χ3n) is 10.4. The zero-order valence-electron chi connectivity index (χ0n) is 44.0. The van der Waals surface area contributed by atoms with Gasteiger partial charge in [0.1, 0.15) is 0 Å². The van der Waals surface area contributed by atoms with Crippen LogP contribution in [0.15, 0.2) is 0 Å². The number of hydrogen-bond donors (Lipinski definition) is 16. The highest BCUT2D eigenvalue weighted by Gasteiger charge is 2.09. The molecule has 0 aromatic rings. The molecule has 21 heteroatoms. The van der Waals surface area contributed by atoms with Crippen molar-refractivity contribution in [3.8, 4) is 0 Å². The Bertz CT molecular complexity index is 828. The van der Waals surface area contributed by atoms with Crippen LogP contribution in [0.1, 0.15) is 26.7 Å². The fraction of sp³-hybridized carbons (Fsp3) is 1.00. The Morgan fingerprint density at radius 1 is 0.288 bits per heavy atom. The summed E-state index contributed by atoms with van der Waals surface area (Å²) in [5.41, 5.74) is 33.2. The van der Waals surface area contributed by atoms with Crippen LogP contribution in [-0.4, -0.2) is 294 Å². The third-order valence-corrected chi connectivity index (χ3v) is 10.4. The van der Waals surface area contributed by atoms with Crippen LogP contribution < -0.4 is 87.6 Å². The first-order valence-corrected chi connectivity index (χ1v) is 26.1. The lowest BCUT2D eigenvalue weighted by molar-refractivity contribution is 0.245. The number of nitrogens with zero attached hydrogens (tertiary/aromatic N) is 5. The average Bonchev–Trinajstić information content (AvgIpc) is 4.22. The average molecular weight is 953 g/mol. The van der Waals surface area contributed by atoms with Crippen LogP contribution in [0, 0.1) is 0 Å². The molecule has 1 rings (SSSR count). The summed E-state index contributed by atoms with van der Waals surface area (Å²) in [4.78, 5) is 12.5. The van der Waals surface area contributed by atoms with E-state index in [4.69, 9.17) is 34.4 Å². The van der Waals surface area contributed by atoms with E-state index < -0.39 is 0 Å². The Hall–Kier alpha value is -0.840. The van der Waals surface area contributed by atoms with Crippen LogP contribution in [0.2, 0.25) is 0 Å². The summed E-state index contributed by atoms with van der Waals surface area (Å²) < 4.78 is 0. The number of nitrogens with one attached hydrogen (secondary N) is 10. The van der Waals surface area contributed by atoms with Crippen LogP contribution in [0.4, 0.5) is 0 Å². The summed E-state index contributed by atoms with van der Waals surface area (Å²) >= 11 is 0. The molecule has 0 spiro atoms. The predicted molar refractivity (Wildman–Crippen MR) is 289 cm³/mol. The van der Waals surface area contributed by atoms with E-state index in [1.807, 2.05) is 21.1 Å². The number of nitrogens with two attached hydrogens (primary N) is 6. The molecule has 1 heterocycles. The van der Waals surface area contributed by atoms with Crippen LogP contribution in [0.3, 0.4) is 0 Å². The first-order chi connectivity index (χ1) is 32.4. The van der Waals surface area contributed by atoms with E-state index in [0.717, 1.165) is 216 Å². The third kappa shape index (κ3) is 59.3. The molecule has 0 aliphatic carbocycles. The molecule has 1 aliphatic rings. The smallest absolute Gasteiger partial charge is 0.0108 e. The highest BCUT2D eigenvalue weighted by molar-refractivity contribution is 4.70. The highest BCUT2D eigenvalue weighted by atomic mass is 15.2. The van der Waals surface area contributed by atoms with E-state index >= 15 is 0 Å². The summed E-state index contributed by atoms with van der Waals surface area (Å²) in [7, 11) is 5.89. The van der Waals surface area contributed by atoms with Crippen LogP contribution in [0.25, 0.3) is 0 Å². The Labute approximate surface area is 407 Å². The molecule has 1 aliphatic heterocycles. The molecule has 402 valence electrons. The highest BCUT2D eigenvalue weighted by Crippen LogP contribution is 1.93. The van der Waals surface area contributed by atoms with Gasteiger partial charge in [0.15, 0.2) is 0 Å². The second-order valence-electron chi connectivity index (χ2n) is 16.5. The maximum atomic E-state index is 5.87. The normalized spacial score (nSPS) is 12.2. The molecular formula is C45H117N21. The van der Waals surface area contributed by atoms with Crippen LogP contribution in [-0.2, 0) is 0 Å². The van der Waals surface area contributed by atoms with Gasteiger partial charge in [0.25, 0.3) is 0 Å². The first-order valence-electron chi connectivity index (χ1n) is 26.1. The molecule has 0 amide bonds. The second-order valence-corrected chi connectivity index (χ2v) is 16.5. The molecule has 0 aromatic heterocycles. The van der Waals surface area contributed by atoms with Crippen LogP contribution >= 0.6 is 0 Å². The van der Waals surface area contributed by atoms with Crippen molar-refractivity contribution >= 4 is 0 Å². The van der Waals surface area contributed by atoms with Gasteiger partial charge in [-0.3, -0.25) is 19.6 Å². The van der Waals surface area contributed by atoms with Crippen molar-refractivity contribution in [2.24, 2.45) is 34.4 Å². The molecular weight excluding hydrogens is 835 g/mol. The first kappa shape index (κ1) is 69.4. The zero-order chi connectivity index (χ0) is 49.2. The summed E-state index contributed by atoms with van der Waals surface area (Å²) in [5.74, 6) is 0. The maximum Gasteiger partial charge on any atom is 0.0108 e. The molecule has 1 fully saturated rings. The topological polar surface area (TPSA) is 303 Å². The predicted octanol–water partition coefficient (Wildman–Crippen LogP) is -6.17. The van der Waals surface area contributed by atoms with E-state index in [9.17, 15) is 0 Å². The van der Waals surface area contributed by atoms with Crippen molar-refractivity contribution in [1.82, 2.24) is 77.7 Å². The lowest BCUT2D eigenvalue weighted by atomic mass is 10.3. The minimum Gasteiger partial charge on any atom is -0.330 e. The molecule has 0 unspecified atom stereocenters. The van der Waals surface area contributed by atoms with Crippen molar-refractivity contribution in [3.05, 3.63) is 0 Å². The van der Waals surface area contributed by atoms with E-state index in [2.05, 4.69) is 91.5 Å². The molecule has 22 N–H and O–H groups in total. The van der Waals surface area contributed by atoms with Crippen molar-refractivity contribution in [1.29, 1.82) is 0 Å². The van der Waals surface area contributed by atoms with E-state index in [0.29, 0.717) is 26.2 Å². The molecule has 66 heavy (non-hydrogen) atoms. The molecule has 21 nitrogen and oxygen atoms in total. The summed E-state index contributed by atoms with van der Waals surface area (Å²) in [6.07, 6.45) is 2.27. The second kappa shape index (κ2) is 62.2. The molecule has 1 saturated heterocycles. The van der Waals surface area contributed by atoms with E-state index in [-0.39, 0.29) is 0 Å². The number of likely N-dealkylation sites (N-methyl/N-ethyl adjacent to an activating group) is 3. The number of rotatable bonds is 49. The van der Waals surface area contributed by atoms with E-state index in [1.54, 1.807) is 0 Å². The van der Waals surface area contributed by atoms with Crippen molar-refractivity contribution in [2.45, 2.75) is 26.7 Å². The molecule has 0 saturated carbocycles. The van der Waals surface area contributed by atoms with Gasteiger partial charge in [-0.15, -0.1) is 0 Å². The SMILES string of the molecule is C1CN1.CCCN.CCCN(CCNCCN(CCN)CCNCCNC)CCNCCN(CCNCCN(CCN)CCN)CCNCCN(CCNC)CCNCCN.CNCCN. The minimum absolute atomic E-state index is 0.671. The zero-order valence-corrected chi connectivity index (χ0v) is 44.0. The maximum absolute atomic E-state index is 5.87. The number of hydrogen-bond acceptors (Lipinski definition) is 21. The fourth-order valence-electron chi connectivity index (χ4n) is 6.39.